The number of methoxy groups -OCH3 is 4. The predicted octanol–water partition coefficient (Wildman–Crippen LogP) is 3.64. The molecule has 0 radical (unpaired) electrons. The largest absolute Gasteiger partial charge is 0.496 e. The van der Waals surface area contributed by atoms with Crippen LogP contribution in [0.1, 0.15) is 15.9 Å². The van der Waals surface area contributed by atoms with Crippen LogP contribution in [0.5, 0.6) is 23.0 Å². The summed E-state index contributed by atoms with van der Waals surface area (Å²) in [6, 6.07) is 14.8. The van der Waals surface area contributed by atoms with Crippen LogP contribution in [0.25, 0.3) is 10.8 Å². The van der Waals surface area contributed by atoms with Gasteiger partial charge in [-0.05, 0) is 35.0 Å². The number of hydrogen-bond acceptors (Lipinski definition) is 6. The fourth-order valence-electron chi connectivity index (χ4n) is 2.97. The molecule has 0 saturated heterocycles. The summed E-state index contributed by atoms with van der Waals surface area (Å²) in [7, 11) is 6.13. The molecule has 0 spiro atoms. The normalized spacial score (nSPS) is 10.8. The summed E-state index contributed by atoms with van der Waals surface area (Å²) in [5, 5.41) is 5.97. The highest BCUT2D eigenvalue weighted by molar-refractivity contribution is 6.02. The molecule has 3 aromatic rings. The van der Waals surface area contributed by atoms with E-state index in [1.54, 1.807) is 18.2 Å². The Morgan fingerprint density at radius 1 is 0.828 bits per heavy atom. The van der Waals surface area contributed by atoms with Crippen LogP contribution in [-0.2, 0) is 0 Å². The van der Waals surface area contributed by atoms with E-state index in [4.69, 9.17) is 18.9 Å². The number of hydrogen-bond donors (Lipinski definition) is 1. The minimum absolute atomic E-state index is 0.378. The molecule has 0 atom stereocenters. The Labute approximate surface area is 168 Å². The van der Waals surface area contributed by atoms with E-state index in [2.05, 4.69) is 10.5 Å². The van der Waals surface area contributed by atoms with Crippen LogP contribution in [0, 0.1) is 0 Å². The molecule has 29 heavy (non-hydrogen) atoms. The lowest BCUT2D eigenvalue weighted by Crippen LogP contribution is -2.18. The highest BCUT2D eigenvalue weighted by Crippen LogP contribution is 2.37. The Kier molecular flexibility index (Phi) is 6.19. The first kappa shape index (κ1) is 20.0. The summed E-state index contributed by atoms with van der Waals surface area (Å²) in [6.45, 7) is 0. The quantitative estimate of drug-likeness (QED) is 0.489. The van der Waals surface area contributed by atoms with Gasteiger partial charge in [0.1, 0.15) is 5.75 Å². The highest BCUT2D eigenvalue weighted by Gasteiger charge is 2.14. The first-order valence-electron chi connectivity index (χ1n) is 8.81. The number of carbonyl (C=O) groups is 1. The average molecular weight is 394 g/mol. The second kappa shape index (κ2) is 8.97. The van der Waals surface area contributed by atoms with Gasteiger partial charge >= 0.3 is 0 Å². The molecular weight excluding hydrogens is 372 g/mol. The summed E-state index contributed by atoms with van der Waals surface area (Å²) in [5.41, 5.74) is 3.60. The van der Waals surface area contributed by atoms with Gasteiger partial charge in [-0.15, -0.1) is 0 Å². The monoisotopic (exact) mass is 394 g/mol. The van der Waals surface area contributed by atoms with Gasteiger partial charge in [0.05, 0.1) is 40.2 Å². The molecule has 150 valence electrons. The molecule has 0 saturated carbocycles. The minimum atomic E-state index is -0.378. The number of nitrogens with zero attached hydrogens (tertiary/aromatic N) is 1. The van der Waals surface area contributed by atoms with Crippen molar-refractivity contribution in [2.45, 2.75) is 0 Å². The molecule has 0 aliphatic carbocycles. The minimum Gasteiger partial charge on any atom is -0.496 e. The van der Waals surface area contributed by atoms with Gasteiger partial charge in [0.25, 0.3) is 5.91 Å². The number of nitrogens with one attached hydrogen (secondary N) is 1. The maximum absolute atomic E-state index is 12.6. The van der Waals surface area contributed by atoms with Crippen molar-refractivity contribution in [3.8, 4) is 23.0 Å². The molecule has 3 rings (SSSR count). The van der Waals surface area contributed by atoms with E-state index in [0.717, 1.165) is 10.8 Å². The van der Waals surface area contributed by atoms with Crippen LogP contribution in [0.15, 0.2) is 53.6 Å². The summed E-state index contributed by atoms with van der Waals surface area (Å²) in [4.78, 5) is 12.6. The fraction of sp³-hybridized carbons (Fsp3) is 0.182. The second-order valence-corrected chi connectivity index (χ2v) is 6.06. The van der Waals surface area contributed by atoms with Crippen LogP contribution >= 0.6 is 0 Å². The van der Waals surface area contributed by atoms with E-state index in [0.29, 0.717) is 34.1 Å². The van der Waals surface area contributed by atoms with Crippen molar-refractivity contribution in [1.82, 2.24) is 5.43 Å². The Morgan fingerprint density at radius 3 is 1.97 bits per heavy atom. The average Bonchev–Trinajstić information content (AvgIpc) is 2.77. The molecule has 1 N–H and O–H groups in total. The van der Waals surface area contributed by atoms with Gasteiger partial charge in [0.15, 0.2) is 11.5 Å². The lowest BCUT2D eigenvalue weighted by molar-refractivity contribution is 0.0952. The van der Waals surface area contributed by atoms with Gasteiger partial charge in [-0.3, -0.25) is 4.79 Å². The van der Waals surface area contributed by atoms with E-state index >= 15 is 0 Å². The van der Waals surface area contributed by atoms with E-state index in [1.807, 2.05) is 30.3 Å². The molecular formula is C22H22N2O5. The van der Waals surface area contributed by atoms with Gasteiger partial charge in [-0.2, -0.15) is 5.10 Å². The van der Waals surface area contributed by atoms with Crippen molar-refractivity contribution in [3.05, 3.63) is 59.7 Å². The first-order valence-corrected chi connectivity index (χ1v) is 8.81. The molecule has 7 heteroatoms. The van der Waals surface area contributed by atoms with E-state index in [-0.39, 0.29) is 5.91 Å². The highest BCUT2D eigenvalue weighted by atomic mass is 16.5. The standard InChI is InChI=1S/C22H22N2O5/c1-26-18-12-16-8-6-5-7-15(16)11-17(18)22(25)24-23-13-14-9-19(27-2)21(29-4)20(10-14)28-3/h5-13H,1-4H3,(H,24,25)/b23-13-. The zero-order valence-electron chi connectivity index (χ0n) is 16.7. The Balaban J connectivity index is 1.84. The van der Waals surface area contributed by atoms with Crippen molar-refractivity contribution in [2.24, 2.45) is 5.10 Å². The van der Waals surface area contributed by atoms with Gasteiger partial charge in [-0.1, -0.05) is 24.3 Å². The summed E-state index contributed by atoms with van der Waals surface area (Å²) >= 11 is 0. The molecule has 0 bridgehead atoms. The molecule has 0 fully saturated rings. The summed E-state index contributed by atoms with van der Waals surface area (Å²) in [5.74, 6) is 1.57. The van der Waals surface area contributed by atoms with E-state index in [1.165, 1.54) is 34.7 Å². The van der Waals surface area contributed by atoms with Crippen molar-refractivity contribution < 1.29 is 23.7 Å². The number of amides is 1. The summed E-state index contributed by atoms with van der Waals surface area (Å²) in [6.07, 6.45) is 1.50. The van der Waals surface area contributed by atoms with Gasteiger partial charge < -0.3 is 18.9 Å². The van der Waals surface area contributed by atoms with Crippen LogP contribution < -0.4 is 24.4 Å². The maximum atomic E-state index is 12.6. The third-order valence-electron chi connectivity index (χ3n) is 4.38. The number of benzene rings is 3. The number of ether oxygens (including phenoxy) is 4. The smallest absolute Gasteiger partial charge is 0.275 e. The Bertz CT molecular complexity index is 1040. The van der Waals surface area contributed by atoms with E-state index < -0.39 is 0 Å². The number of rotatable bonds is 7. The number of carbonyl (C=O) groups excluding carboxylic acids is 1. The Morgan fingerprint density at radius 2 is 1.41 bits per heavy atom. The SMILES string of the molecule is COc1cc2ccccc2cc1C(=O)N/N=C\c1cc(OC)c(OC)c(OC)c1. The third kappa shape index (κ3) is 4.24. The zero-order valence-corrected chi connectivity index (χ0v) is 16.7. The molecule has 1 amide bonds. The van der Waals surface area contributed by atoms with E-state index in [9.17, 15) is 4.79 Å². The molecule has 0 aromatic heterocycles. The fourth-order valence-corrected chi connectivity index (χ4v) is 2.97. The molecule has 0 unspecified atom stereocenters. The molecule has 0 aliphatic heterocycles. The number of hydrazone groups is 1. The number of fused-ring (bicyclic) bond motifs is 1. The lowest BCUT2D eigenvalue weighted by Gasteiger charge is -2.12. The van der Waals surface area contributed by atoms with Gasteiger partial charge in [0.2, 0.25) is 5.75 Å². The van der Waals surface area contributed by atoms with Crippen LogP contribution in [0.3, 0.4) is 0 Å². The third-order valence-corrected chi connectivity index (χ3v) is 4.38. The summed E-state index contributed by atoms with van der Waals surface area (Å²) < 4.78 is 21.3. The van der Waals surface area contributed by atoms with Gasteiger partial charge in [0, 0.05) is 5.56 Å². The van der Waals surface area contributed by atoms with Crippen molar-refractivity contribution >= 4 is 22.9 Å². The Hall–Kier alpha value is -3.74. The molecule has 0 heterocycles. The maximum Gasteiger partial charge on any atom is 0.275 e. The first-order chi connectivity index (χ1) is 14.1. The zero-order chi connectivity index (χ0) is 20.8. The van der Waals surface area contributed by atoms with Gasteiger partial charge in [-0.25, -0.2) is 5.43 Å². The van der Waals surface area contributed by atoms with Crippen molar-refractivity contribution in [2.75, 3.05) is 28.4 Å². The van der Waals surface area contributed by atoms with Crippen molar-refractivity contribution in [3.63, 3.8) is 0 Å². The lowest BCUT2D eigenvalue weighted by atomic mass is 10.1. The predicted molar refractivity (Wildman–Crippen MR) is 112 cm³/mol. The molecule has 0 aliphatic rings. The second-order valence-electron chi connectivity index (χ2n) is 6.06. The molecule has 7 nitrogen and oxygen atoms in total. The van der Waals surface area contributed by atoms with Crippen molar-refractivity contribution in [1.29, 1.82) is 0 Å². The van der Waals surface area contributed by atoms with Crippen LogP contribution in [0.2, 0.25) is 0 Å². The van der Waals surface area contributed by atoms with Crippen LogP contribution in [0.4, 0.5) is 0 Å². The molecule has 3 aromatic carbocycles. The topological polar surface area (TPSA) is 78.4 Å². The van der Waals surface area contributed by atoms with Crippen LogP contribution in [-0.4, -0.2) is 40.6 Å².